The van der Waals surface area contributed by atoms with Crippen LogP contribution in [0.2, 0.25) is 0 Å². The van der Waals surface area contributed by atoms with Gasteiger partial charge in [-0.1, -0.05) is 0 Å². The molecule has 0 saturated carbocycles. The summed E-state index contributed by atoms with van der Waals surface area (Å²) in [5.74, 6) is 0. The van der Waals surface area contributed by atoms with Gasteiger partial charge in [0.2, 0.25) is 0 Å². The molecule has 0 aliphatic heterocycles. The third-order valence-electron chi connectivity index (χ3n) is 1.43. The molecule has 94 valence electrons. The largest absolute Gasteiger partial charge is 0.394 e. The maximum atomic E-state index is 8.94. The average molecular weight is 227 g/mol. The first-order valence-corrected chi connectivity index (χ1v) is 4.50. The molecular weight excluding hydrogens is 206 g/mol. The van der Waals surface area contributed by atoms with Crippen LogP contribution in [-0.4, -0.2) is 67.9 Å². The highest BCUT2D eigenvalue weighted by atomic mass is 16.4. The summed E-state index contributed by atoms with van der Waals surface area (Å²) in [4.78, 5) is 0. The van der Waals surface area contributed by atoms with Gasteiger partial charge in [0.25, 0.3) is 0 Å². The first-order chi connectivity index (χ1) is 6.73. The Bertz CT molecular complexity index is 140. The summed E-state index contributed by atoms with van der Waals surface area (Å²) < 4.78 is 0. The third kappa shape index (κ3) is 10.0. The van der Waals surface area contributed by atoms with Crippen molar-refractivity contribution in [1.82, 2.24) is 0 Å². The lowest BCUT2D eigenvalue weighted by molar-refractivity contribution is -0.110. The van der Waals surface area contributed by atoms with Crippen molar-refractivity contribution in [3.8, 4) is 0 Å². The second-order valence-electron chi connectivity index (χ2n) is 3.21. The van der Waals surface area contributed by atoms with Crippen LogP contribution in [0.15, 0.2) is 0 Å². The van der Waals surface area contributed by atoms with E-state index in [1.807, 2.05) is 0 Å². The lowest BCUT2D eigenvalue weighted by atomic mass is 10.1. The molecule has 7 heteroatoms. The van der Waals surface area contributed by atoms with Crippen LogP contribution < -0.4 is 5.73 Å². The van der Waals surface area contributed by atoms with Crippen molar-refractivity contribution in [2.24, 2.45) is 5.73 Å². The lowest BCUT2D eigenvalue weighted by Crippen LogP contribution is -2.44. The molecule has 0 aliphatic rings. The smallest absolute Gasteiger partial charge is 0.110 e. The van der Waals surface area contributed by atoms with Crippen LogP contribution in [0.1, 0.15) is 13.8 Å². The predicted octanol–water partition coefficient (Wildman–Crippen LogP) is -3.27. The van der Waals surface area contributed by atoms with E-state index >= 15 is 0 Å². The van der Waals surface area contributed by atoms with Crippen LogP contribution in [-0.2, 0) is 0 Å². The van der Waals surface area contributed by atoms with Crippen LogP contribution >= 0.6 is 0 Å². The summed E-state index contributed by atoms with van der Waals surface area (Å²) >= 11 is 0. The quantitative estimate of drug-likeness (QED) is 0.249. The molecule has 0 heterocycles. The number of hydrogen-bond acceptors (Lipinski definition) is 7. The van der Waals surface area contributed by atoms with Crippen molar-refractivity contribution in [3.63, 3.8) is 0 Å². The summed E-state index contributed by atoms with van der Waals surface area (Å²) in [6, 6.07) is 0. The van der Waals surface area contributed by atoms with Crippen LogP contribution in [0.25, 0.3) is 0 Å². The number of hydrogen-bond donors (Lipinski definition) is 7. The number of aliphatic hydroxyl groups excluding tert-OH is 6. The van der Waals surface area contributed by atoms with Crippen LogP contribution in [0.4, 0.5) is 0 Å². The fraction of sp³-hybridized carbons (Fsp3) is 1.00. The molecule has 0 radical (unpaired) electrons. The molecule has 0 bridgehead atoms. The summed E-state index contributed by atoms with van der Waals surface area (Å²) in [6.45, 7) is 2.13. The summed E-state index contributed by atoms with van der Waals surface area (Å²) in [5.41, 5.74) is 4.67. The molecule has 0 aromatic carbocycles. The van der Waals surface area contributed by atoms with Gasteiger partial charge < -0.3 is 36.4 Å². The maximum Gasteiger partial charge on any atom is 0.110 e. The van der Waals surface area contributed by atoms with E-state index in [0.29, 0.717) is 0 Å². The second kappa shape index (κ2) is 8.98. The Kier molecular flexibility index (Phi) is 10.3. The van der Waals surface area contributed by atoms with Crippen molar-refractivity contribution >= 4 is 0 Å². The van der Waals surface area contributed by atoms with Gasteiger partial charge in [-0.3, -0.25) is 0 Å². The molecule has 0 amide bonds. The molecule has 7 nitrogen and oxygen atoms in total. The van der Waals surface area contributed by atoms with Crippen LogP contribution in [0.3, 0.4) is 0 Å². The number of aliphatic hydroxyl groups is 6. The van der Waals surface area contributed by atoms with Gasteiger partial charge in [0, 0.05) is 0 Å². The zero-order valence-electron chi connectivity index (χ0n) is 8.85. The molecule has 0 aromatic heterocycles. The van der Waals surface area contributed by atoms with E-state index in [1.165, 1.54) is 13.8 Å². The number of rotatable bonds is 4. The Morgan fingerprint density at radius 1 is 0.933 bits per heavy atom. The van der Waals surface area contributed by atoms with E-state index < -0.39 is 37.3 Å². The van der Waals surface area contributed by atoms with Gasteiger partial charge in [0.1, 0.15) is 18.3 Å². The van der Waals surface area contributed by atoms with Gasteiger partial charge in [0.05, 0.1) is 18.9 Å². The second-order valence-corrected chi connectivity index (χ2v) is 3.21. The Hall–Kier alpha value is -0.280. The topological polar surface area (TPSA) is 147 Å². The van der Waals surface area contributed by atoms with Gasteiger partial charge >= 0.3 is 0 Å². The lowest BCUT2D eigenvalue weighted by Gasteiger charge is -2.23. The fourth-order valence-electron chi connectivity index (χ4n) is 0.621. The molecule has 15 heavy (non-hydrogen) atoms. The van der Waals surface area contributed by atoms with Gasteiger partial charge in [-0.15, -0.1) is 0 Å². The normalized spacial score (nSPS) is 20.6. The molecule has 5 atom stereocenters. The maximum absolute atomic E-state index is 8.94. The molecule has 0 aliphatic carbocycles. The van der Waals surface area contributed by atoms with Crippen LogP contribution in [0, 0.1) is 0 Å². The highest BCUT2D eigenvalue weighted by molar-refractivity contribution is 4.77. The Morgan fingerprint density at radius 2 is 1.27 bits per heavy atom. The molecule has 0 fully saturated rings. The van der Waals surface area contributed by atoms with Crippen molar-refractivity contribution in [2.75, 3.05) is 6.61 Å². The van der Waals surface area contributed by atoms with Crippen molar-refractivity contribution < 1.29 is 30.6 Å². The minimum atomic E-state index is -1.51. The van der Waals surface area contributed by atoms with E-state index in [0.717, 1.165) is 0 Å². The first kappa shape index (κ1) is 17.1. The van der Waals surface area contributed by atoms with Gasteiger partial charge in [-0.05, 0) is 13.8 Å². The van der Waals surface area contributed by atoms with Crippen molar-refractivity contribution in [3.05, 3.63) is 0 Å². The number of nitrogens with two attached hydrogens (primary N) is 1. The minimum Gasteiger partial charge on any atom is -0.394 e. The zero-order valence-corrected chi connectivity index (χ0v) is 8.85. The molecule has 0 spiro atoms. The molecule has 5 unspecified atom stereocenters. The standard InChI is InChI=1S/C6H14O5.C2H7NO/c1-3(8)5(10)6(11)4(9)2-7;1-2(3)4/h3-11H,2H2,1H3;2,4H,3H2,1H3. The Labute approximate surface area is 88.4 Å². The average Bonchev–Trinajstić information content (AvgIpc) is 2.13. The Morgan fingerprint density at radius 3 is 1.47 bits per heavy atom. The van der Waals surface area contributed by atoms with E-state index in [2.05, 4.69) is 5.73 Å². The molecular formula is C8H21NO6. The third-order valence-corrected chi connectivity index (χ3v) is 1.43. The van der Waals surface area contributed by atoms with Gasteiger partial charge in [0.15, 0.2) is 0 Å². The van der Waals surface area contributed by atoms with Gasteiger partial charge in [-0.2, -0.15) is 0 Å². The molecule has 8 N–H and O–H groups in total. The Balaban J connectivity index is 0. The van der Waals surface area contributed by atoms with E-state index in [1.54, 1.807) is 0 Å². The van der Waals surface area contributed by atoms with Crippen molar-refractivity contribution in [2.45, 2.75) is 44.5 Å². The van der Waals surface area contributed by atoms with E-state index in [9.17, 15) is 0 Å². The fourth-order valence-corrected chi connectivity index (χ4v) is 0.621. The highest BCUT2D eigenvalue weighted by Gasteiger charge is 2.27. The SMILES string of the molecule is CC(N)O.CC(O)C(O)C(O)C(O)CO. The van der Waals surface area contributed by atoms with Crippen molar-refractivity contribution in [1.29, 1.82) is 0 Å². The van der Waals surface area contributed by atoms with E-state index in [4.69, 9.17) is 30.6 Å². The minimum absolute atomic E-state index is 0.648. The van der Waals surface area contributed by atoms with Gasteiger partial charge in [-0.25, -0.2) is 0 Å². The molecule has 0 rings (SSSR count). The molecule has 0 aromatic rings. The summed E-state index contributed by atoms with van der Waals surface area (Å²) in [5, 5.41) is 51.5. The summed E-state index contributed by atoms with van der Waals surface area (Å²) in [6.07, 6.45) is -6.16. The van der Waals surface area contributed by atoms with E-state index in [-0.39, 0.29) is 0 Å². The first-order valence-electron chi connectivity index (χ1n) is 4.50. The molecule has 0 saturated heterocycles. The highest BCUT2D eigenvalue weighted by Crippen LogP contribution is 2.03. The van der Waals surface area contributed by atoms with Crippen LogP contribution in [0.5, 0.6) is 0 Å². The predicted molar refractivity (Wildman–Crippen MR) is 52.7 cm³/mol. The zero-order chi connectivity index (χ0) is 12.6. The summed E-state index contributed by atoms with van der Waals surface area (Å²) in [7, 11) is 0. The monoisotopic (exact) mass is 227 g/mol.